The van der Waals surface area contributed by atoms with Gasteiger partial charge in [0.1, 0.15) is 10.6 Å². The summed E-state index contributed by atoms with van der Waals surface area (Å²) in [5, 5.41) is 0.796. The second-order valence-corrected chi connectivity index (χ2v) is 7.15. The number of nitrogens with one attached hydrogen (secondary N) is 1. The predicted molar refractivity (Wildman–Crippen MR) is 95.8 cm³/mol. The van der Waals surface area contributed by atoms with Crippen molar-refractivity contribution < 1.29 is 4.74 Å². The molecule has 0 radical (unpaired) electrons. The van der Waals surface area contributed by atoms with Crippen LogP contribution in [0, 0.1) is 4.77 Å². The molecular weight excluding hydrogens is 328 g/mol. The zero-order valence-corrected chi connectivity index (χ0v) is 14.4. The largest absolute Gasteiger partial charge is 0.495 e. The highest BCUT2D eigenvalue weighted by molar-refractivity contribution is 7.71. The van der Waals surface area contributed by atoms with Crippen molar-refractivity contribution in [2.75, 3.05) is 7.11 Å². The fourth-order valence-electron chi connectivity index (χ4n) is 3.27. The molecule has 0 aliphatic heterocycles. The summed E-state index contributed by atoms with van der Waals surface area (Å²) >= 11 is 7.13. The number of nitrogens with zero attached hydrogens (tertiary/aromatic N) is 1. The number of hydrogen-bond acceptors (Lipinski definition) is 4. The molecule has 23 heavy (non-hydrogen) atoms. The van der Waals surface area contributed by atoms with E-state index in [-0.39, 0.29) is 5.56 Å². The van der Waals surface area contributed by atoms with Crippen molar-refractivity contribution >= 4 is 33.8 Å². The van der Waals surface area contributed by atoms with Gasteiger partial charge in [-0.1, -0.05) is 12.1 Å². The summed E-state index contributed by atoms with van der Waals surface area (Å²) in [7, 11) is 1.60. The van der Waals surface area contributed by atoms with Crippen molar-refractivity contribution in [3.05, 3.63) is 49.8 Å². The number of para-hydroxylation sites is 2. The summed E-state index contributed by atoms with van der Waals surface area (Å²) in [6.45, 7) is 0. The predicted octanol–water partition coefficient (Wildman–Crippen LogP) is 4.00. The van der Waals surface area contributed by atoms with E-state index < -0.39 is 0 Å². The number of methoxy groups -OCH3 is 1. The first-order valence-corrected chi connectivity index (χ1v) is 8.86. The van der Waals surface area contributed by atoms with Crippen LogP contribution in [0.3, 0.4) is 0 Å². The lowest BCUT2D eigenvalue weighted by molar-refractivity contribution is 0.412. The highest BCUT2D eigenvalue weighted by Crippen LogP contribution is 2.34. The summed E-state index contributed by atoms with van der Waals surface area (Å²) in [5.41, 5.74) is 1.84. The van der Waals surface area contributed by atoms with Gasteiger partial charge in [-0.25, -0.2) is 4.57 Å². The van der Waals surface area contributed by atoms with Gasteiger partial charge in [-0.2, -0.15) is 0 Å². The lowest BCUT2D eigenvalue weighted by atomic mass is 9.97. The van der Waals surface area contributed by atoms with Crippen LogP contribution in [0.5, 0.6) is 5.75 Å². The van der Waals surface area contributed by atoms with Crippen LogP contribution in [0.2, 0.25) is 0 Å². The summed E-state index contributed by atoms with van der Waals surface area (Å²) in [6.07, 6.45) is 4.37. The molecule has 2 aromatic heterocycles. The Morgan fingerprint density at radius 2 is 2.04 bits per heavy atom. The topological polar surface area (TPSA) is 47.0 Å². The van der Waals surface area contributed by atoms with Gasteiger partial charge in [0.05, 0.1) is 18.2 Å². The molecule has 2 heterocycles. The molecule has 0 amide bonds. The molecule has 6 heteroatoms. The van der Waals surface area contributed by atoms with Crippen LogP contribution < -0.4 is 10.3 Å². The van der Waals surface area contributed by atoms with E-state index in [4.69, 9.17) is 17.0 Å². The van der Waals surface area contributed by atoms with E-state index >= 15 is 0 Å². The summed E-state index contributed by atoms with van der Waals surface area (Å²) < 4.78 is 7.36. The van der Waals surface area contributed by atoms with Crippen LogP contribution in [0.4, 0.5) is 0 Å². The van der Waals surface area contributed by atoms with Gasteiger partial charge in [0, 0.05) is 4.88 Å². The number of rotatable bonds is 2. The van der Waals surface area contributed by atoms with Crippen molar-refractivity contribution in [3.63, 3.8) is 0 Å². The van der Waals surface area contributed by atoms with E-state index in [9.17, 15) is 4.79 Å². The highest BCUT2D eigenvalue weighted by atomic mass is 32.1. The molecule has 3 aromatic rings. The number of aromatic nitrogens is 2. The average molecular weight is 344 g/mol. The molecule has 1 aliphatic rings. The molecule has 0 atom stereocenters. The standard InChI is InChI=1S/C17H16N2O2S2/c1-21-12-8-4-3-7-11(12)19-16(20)14-10-6-2-5-9-13(10)23-15(14)18-17(19)22/h3-4,7-8H,2,5-6,9H2,1H3,(H,18,22). The van der Waals surface area contributed by atoms with Crippen molar-refractivity contribution in [3.8, 4) is 11.4 Å². The van der Waals surface area contributed by atoms with Crippen LogP contribution in [-0.2, 0) is 12.8 Å². The normalized spacial score (nSPS) is 14.0. The summed E-state index contributed by atoms with van der Waals surface area (Å²) in [4.78, 5) is 18.7. The smallest absolute Gasteiger partial charge is 0.268 e. The van der Waals surface area contributed by atoms with Gasteiger partial charge in [-0.05, 0) is 55.6 Å². The van der Waals surface area contributed by atoms with Gasteiger partial charge in [-0.15, -0.1) is 11.3 Å². The van der Waals surface area contributed by atoms with E-state index in [2.05, 4.69) is 4.98 Å². The maximum atomic E-state index is 13.2. The minimum Gasteiger partial charge on any atom is -0.495 e. The third-order valence-electron chi connectivity index (χ3n) is 4.34. The molecule has 1 N–H and O–H groups in total. The minimum atomic E-state index is -0.0485. The van der Waals surface area contributed by atoms with Crippen molar-refractivity contribution in [1.82, 2.24) is 9.55 Å². The first kappa shape index (κ1) is 14.7. The monoisotopic (exact) mass is 344 g/mol. The second-order valence-electron chi connectivity index (χ2n) is 5.66. The third kappa shape index (κ3) is 2.24. The van der Waals surface area contributed by atoms with Crippen LogP contribution in [0.25, 0.3) is 15.9 Å². The number of thiophene rings is 1. The Morgan fingerprint density at radius 1 is 1.26 bits per heavy atom. The Labute approximate surface area is 142 Å². The van der Waals surface area contributed by atoms with Gasteiger partial charge in [0.25, 0.3) is 5.56 Å². The quantitative estimate of drug-likeness (QED) is 0.715. The van der Waals surface area contributed by atoms with Gasteiger partial charge < -0.3 is 9.72 Å². The third-order valence-corrected chi connectivity index (χ3v) is 5.83. The van der Waals surface area contributed by atoms with Crippen LogP contribution in [0.1, 0.15) is 23.3 Å². The Kier molecular flexibility index (Phi) is 3.58. The number of ether oxygens (including phenoxy) is 1. The van der Waals surface area contributed by atoms with E-state index in [0.717, 1.165) is 29.5 Å². The van der Waals surface area contributed by atoms with Crippen molar-refractivity contribution in [1.29, 1.82) is 0 Å². The molecule has 4 nitrogen and oxygen atoms in total. The zero-order valence-electron chi connectivity index (χ0n) is 12.7. The molecule has 0 spiro atoms. The first-order valence-electron chi connectivity index (χ1n) is 7.63. The Bertz CT molecular complexity index is 1010. The summed E-state index contributed by atoms with van der Waals surface area (Å²) in [5.74, 6) is 0.637. The van der Waals surface area contributed by atoms with E-state index in [1.807, 2.05) is 24.3 Å². The molecule has 4 rings (SSSR count). The molecule has 0 bridgehead atoms. The molecule has 1 aromatic carbocycles. The maximum Gasteiger partial charge on any atom is 0.268 e. The van der Waals surface area contributed by atoms with E-state index in [0.29, 0.717) is 16.2 Å². The molecule has 0 unspecified atom stereocenters. The maximum absolute atomic E-state index is 13.2. The van der Waals surface area contributed by atoms with Crippen molar-refractivity contribution in [2.24, 2.45) is 0 Å². The fourth-order valence-corrected chi connectivity index (χ4v) is 4.90. The van der Waals surface area contributed by atoms with Gasteiger partial charge in [0.15, 0.2) is 4.77 Å². The van der Waals surface area contributed by atoms with Gasteiger partial charge in [0.2, 0.25) is 0 Å². The fraction of sp³-hybridized carbons (Fsp3) is 0.294. The highest BCUT2D eigenvalue weighted by Gasteiger charge is 2.21. The SMILES string of the molecule is COc1ccccc1-n1c(=S)[nH]c2sc3c(c2c1=O)CCCC3. The van der Waals surface area contributed by atoms with Crippen LogP contribution >= 0.6 is 23.6 Å². The number of H-pyrrole nitrogens is 1. The van der Waals surface area contributed by atoms with E-state index in [1.165, 1.54) is 16.9 Å². The summed E-state index contributed by atoms with van der Waals surface area (Å²) in [6, 6.07) is 7.45. The number of aryl methyl sites for hydroxylation is 2. The zero-order chi connectivity index (χ0) is 16.0. The lowest BCUT2D eigenvalue weighted by Crippen LogP contribution is -2.21. The number of benzene rings is 1. The van der Waals surface area contributed by atoms with E-state index in [1.54, 1.807) is 23.0 Å². The Balaban J connectivity index is 2.08. The van der Waals surface area contributed by atoms with Gasteiger partial charge >= 0.3 is 0 Å². The molecule has 0 fully saturated rings. The molecular formula is C17H16N2O2S2. The molecule has 0 saturated heterocycles. The van der Waals surface area contributed by atoms with Gasteiger partial charge in [-0.3, -0.25) is 4.79 Å². The lowest BCUT2D eigenvalue weighted by Gasteiger charge is -2.12. The Morgan fingerprint density at radius 3 is 2.87 bits per heavy atom. The van der Waals surface area contributed by atoms with Crippen molar-refractivity contribution in [2.45, 2.75) is 25.7 Å². The molecule has 0 saturated carbocycles. The molecule has 118 valence electrons. The first-order chi connectivity index (χ1) is 11.2. The second kappa shape index (κ2) is 5.62. The molecule has 1 aliphatic carbocycles. The number of fused-ring (bicyclic) bond motifs is 3. The average Bonchev–Trinajstić information content (AvgIpc) is 2.93. The Hall–Kier alpha value is -1.92. The van der Waals surface area contributed by atoms with Crippen LogP contribution in [0.15, 0.2) is 29.1 Å². The number of hydrogen-bond donors (Lipinski definition) is 1. The van der Waals surface area contributed by atoms with Crippen LogP contribution in [-0.4, -0.2) is 16.7 Å². The minimum absolute atomic E-state index is 0.0485. The number of aromatic amines is 1.